The largest absolute Gasteiger partial charge is 0.441 e. The molecule has 0 unspecified atom stereocenters. The van der Waals surface area contributed by atoms with Crippen LogP contribution in [0.25, 0.3) is 11.3 Å². The molecule has 1 fully saturated rings. The van der Waals surface area contributed by atoms with Gasteiger partial charge in [-0.3, -0.25) is 9.59 Å². The van der Waals surface area contributed by atoms with Gasteiger partial charge in [0.15, 0.2) is 11.7 Å². The van der Waals surface area contributed by atoms with E-state index in [1.165, 1.54) is 12.3 Å². The molecular weight excluding hydrogens is 406 g/mol. The number of aryl methyl sites for hydroxylation is 1. The van der Waals surface area contributed by atoms with Gasteiger partial charge in [0, 0.05) is 37.3 Å². The number of halogens is 2. The van der Waals surface area contributed by atoms with E-state index in [0.29, 0.717) is 18.8 Å². The minimum absolute atomic E-state index is 0.0175. The number of amides is 2. The van der Waals surface area contributed by atoms with E-state index in [1.807, 2.05) is 17.0 Å². The van der Waals surface area contributed by atoms with Crippen LogP contribution in [-0.4, -0.2) is 36.4 Å². The van der Waals surface area contributed by atoms with E-state index in [1.54, 1.807) is 12.1 Å². The van der Waals surface area contributed by atoms with Crippen LogP contribution < -0.4 is 15.5 Å². The Bertz CT molecular complexity index is 1080. The third-order valence-electron chi connectivity index (χ3n) is 4.88. The summed E-state index contributed by atoms with van der Waals surface area (Å²) >= 11 is 0. The Balaban J connectivity index is 1.32. The fourth-order valence-electron chi connectivity index (χ4n) is 3.33. The Morgan fingerprint density at radius 3 is 2.61 bits per heavy atom. The molecule has 7 nitrogen and oxygen atoms in total. The van der Waals surface area contributed by atoms with Crippen molar-refractivity contribution < 1.29 is 22.8 Å². The van der Waals surface area contributed by atoms with Crippen molar-refractivity contribution in [1.29, 1.82) is 0 Å². The Morgan fingerprint density at radius 2 is 1.90 bits per heavy atom. The zero-order chi connectivity index (χ0) is 21.8. The van der Waals surface area contributed by atoms with E-state index in [2.05, 4.69) is 15.6 Å². The number of hydrogen-bond acceptors (Lipinski definition) is 5. The van der Waals surface area contributed by atoms with Crippen molar-refractivity contribution in [3.8, 4) is 11.3 Å². The summed E-state index contributed by atoms with van der Waals surface area (Å²) < 4.78 is 33.1. The van der Waals surface area contributed by atoms with E-state index in [-0.39, 0.29) is 41.9 Å². The molecule has 1 saturated heterocycles. The zero-order valence-electron chi connectivity index (χ0n) is 16.5. The highest BCUT2D eigenvalue weighted by Crippen LogP contribution is 2.27. The van der Waals surface area contributed by atoms with Crippen LogP contribution in [0.3, 0.4) is 0 Å². The van der Waals surface area contributed by atoms with Gasteiger partial charge >= 0.3 is 0 Å². The number of hydrogen-bond donors (Lipinski definition) is 2. The average molecular weight is 426 g/mol. The van der Waals surface area contributed by atoms with E-state index < -0.39 is 11.6 Å². The lowest BCUT2D eigenvalue weighted by atomic mass is 10.1. The highest BCUT2D eigenvalue weighted by atomic mass is 19.1. The molecular formula is C22H20F2N4O3. The van der Waals surface area contributed by atoms with E-state index >= 15 is 0 Å². The highest BCUT2D eigenvalue weighted by molar-refractivity contribution is 5.91. The van der Waals surface area contributed by atoms with E-state index in [4.69, 9.17) is 4.42 Å². The SMILES string of the molecule is O=C1CN(c2ccc(NC(=O)CCc3ncc(-c4c(F)cccc4F)o3)cc2)CCN1. The number of oxazole rings is 1. The molecule has 0 spiro atoms. The number of nitrogens with zero attached hydrogens (tertiary/aromatic N) is 2. The van der Waals surface area contributed by atoms with Gasteiger partial charge in [0.1, 0.15) is 11.6 Å². The molecule has 0 bridgehead atoms. The third-order valence-corrected chi connectivity index (χ3v) is 4.88. The van der Waals surface area contributed by atoms with Crippen molar-refractivity contribution >= 4 is 23.2 Å². The normalized spacial score (nSPS) is 13.7. The molecule has 1 aliphatic heterocycles. The van der Waals surface area contributed by atoms with Crippen LogP contribution in [0.1, 0.15) is 12.3 Å². The Kier molecular flexibility index (Phi) is 5.92. The van der Waals surface area contributed by atoms with Gasteiger partial charge < -0.3 is 20.0 Å². The molecule has 0 aliphatic carbocycles. The fraction of sp³-hybridized carbons (Fsp3) is 0.227. The molecule has 3 aromatic rings. The van der Waals surface area contributed by atoms with Gasteiger partial charge in [-0.05, 0) is 36.4 Å². The maximum absolute atomic E-state index is 13.9. The first-order chi connectivity index (χ1) is 15.0. The molecule has 0 radical (unpaired) electrons. The summed E-state index contributed by atoms with van der Waals surface area (Å²) in [7, 11) is 0. The van der Waals surface area contributed by atoms with Crippen molar-refractivity contribution in [3.63, 3.8) is 0 Å². The molecule has 4 rings (SSSR count). The summed E-state index contributed by atoms with van der Waals surface area (Å²) in [6.07, 6.45) is 1.52. The van der Waals surface area contributed by atoms with Crippen LogP contribution in [0.4, 0.5) is 20.2 Å². The van der Waals surface area contributed by atoms with Gasteiger partial charge in [0.05, 0.1) is 18.3 Å². The van der Waals surface area contributed by atoms with Crippen LogP contribution in [0.2, 0.25) is 0 Å². The van der Waals surface area contributed by atoms with Crippen LogP contribution in [-0.2, 0) is 16.0 Å². The molecule has 160 valence electrons. The monoisotopic (exact) mass is 426 g/mol. The number of nitrogens with one attached hydrogen (secondary N) is 2. The third kappa shape index (κ3) is 4.88. The molecule has 2 amide bonds. The molecule has 1 aliphatic rings. The first-order valence-corrected chi connectivity index (χ1v) is 9.80. The molecule has 2 heterocycles. The molecule has 2 aromatic carbocycles. The van der Waals surface area contributed by atoms with Crippen LogP contribution in [0.5, 0.6) is 0 Å². The van der Waals surface area contributed by atoms with Crippen LogP contribution >= 0.6 is 0 Å². The van der Waals surface area contributed by atoms with E-state index in [9.17, 15) is 18.4 Å². The lowest BCUT2D eigenvalue weighted by Gasteiger charge is -2.28. The Morgan fingerprint density at radius 1 is 1.16 bits per heavy atom. The number of carbonyl (C=O) groups excluding carboxylic acids is 2. The second-order valence-corrected chi connectivity index (χ2v) is 7.08. The predicted octanol–water partition coefficient (Wildman–Crippen LogP) is 3.13. The van der Waals surface area contributed by atoms with E-state index in [0.717, 1.165) is 24.4 Å². The van der Waals surface area contributed by atoms with Gasteiger partial charge in [-0.15, -0.1) is 0 Å². The zero-order valence-corrected chi connectivity index (χ0v) is 16.5. The summed E-state index contributed by atoms with van der Waals surface area (Å²) in [6.45, 7) is 1.64. The lowest BCUT2D eigenvalue weighted by Crippen LogP contribution is -2.47. The van der Waals surface area contributed by atoms with Crippen molar-refractivity contribution in [2.45, 2.75) is 12.8 Å². The lowest BCUT2D eigenvalue weighted by molar-refractivity contribution is -0.120. The van der Waals surface area contributed by atoms with Crippen molar-refractivity contribution in [1.82, 2.24) is 10.3 Å². The van der Waals surface area contributed by atoms with Gasteiger partial charge in [-0.1, -0.05) is 6.07 Å². The number of anilines is 2. The summed E-state index contributed by atoms with van der Waals surface area (Å²) in [4.78, 5) is 29.7. The fourth-order valence-corrected chi connectivity index (χ4v) is 3.33. The molecule has 0 saturated carbocycles. The average Bonchev–Trinajstić information content (AvgIpc) is 3.21. The number of rotatable bonds is 6. The number of carbonyl (C=O) groups is 2. The second kappa shape index (κ2) is 8.95. The molecule has 31 heavy (non-hydrogen) atoms. The first kappa shape index (κ1) is 20.5. The summed E-state index contributed by atoms with van der Waals surface area (Å²) in [6, 6.07) is 10.8. The summed E-state index contributed by atoms with van der Waals surface area (Å²) in [5, 5.41) is 5.56. The van der Waals surface area contributed by atoms with Crippen LogP contribution in [0.15, 0.2) is 53.1 Å². The minimum Gasteiger partial charge on any atom is -0.441 e. The van der Waals surface area contributed by atoms with Crippen molar-refractivity contribution in [3.05, 3.63) is 66.2 Å². The number of benzene rings is 2. The van der Waals surface area contributed by atoms with Gasteiger partial charge in [-0.25, -0.2) is 13.8 Å². The first-order valence-electron chi connectivity index (χ1n) is 9.80. The molecule has 1 aromatic heterocycles. The van der Waals surface area contributed by atoms with Crippen molar-refractivity contribution in [2.24, 2.45) is 0 Å². The summed E-state index contributed by atoms with van der Waals surface area (Å²) in [5.74, 6) is -1.55. The van der Waals surface area contributed by atoms with Gasteiger partial charge in [0.2, 0.25) is 11.8 Å². The van der Waals surface area contributed by atoms with Crippen LogP contribution in [0, 0.1) is 11.6 Å². The topological polar surface area (TPSA) is 87.5 Å². The second-order valence-electron chi connectivity index (χ2n) is 7.08. The maximum atomic E-state index is 13.9. The molecule has 2 N–H and O–H groups in total. The minimum atomic E-state index is -0.742. The quantitative estimate of drug-likeness (QED) is 0.633. The Hall–Kier alpha value is -3.75. The van der Waals surface area contributed by atoms with Crippen molar-refractivity contribution in [2.75, 3.05) is 29.9 Å². The standard InChI is InChI=1S/C22H20F2N4O3/c23-16-2-1-3-17(24)22(16)18-12-26-21(31-18)9-8-19(29)27-14-4-6-15(7-5-14)28-11-10-25-20(30)13-28/h1-7,12H,8-11,13H2,(H,25,30)(H,27,29). The Labute approximate surface area is 177 Å². The number of aromatic nitrogens is 1. The number of piperazine rings is 1. The highest BCUT2D eigenvalue weighted by Gasteiger charge is 2.17. The summed E-state index contributed by atoms with van der Waals surface area (Å²) in [5.41, 5.74) is 1.24. The van der Waals surface area contributed by atoms with Gasteiger partial charge in [0.25, 0.3) is 0 Å². The van der Waals surface area contributed by atoms with Gasteiger partial charge in [-0.2, -0.15) is 0 Å². The molecule has 9 heteroatoms. The molecule has 0 atom stereocenters. The predicted molar refractivity (Wildman–Crippen MR) is 110 cm³/mol. The maximum Gasteiger partial charge on any atom is 0.239 e. The smallest absolute Gasteiger partial charge is 0.239 e.